The number of rotatable bonds is 11. The first-order valence-electron chi connectivity index (χ1n) is 6.14. The van der Waals surface area contributed by atoms with E-state index in [1.165, 1.54) is 0 Å². The maximum atomic E-state index is 11.1. The van der Waals surface area contributed by atoms with Crippen LogP contribution in [0.1, 0.15) is 38.5 Å². The summed E-state index contributed by atoms with van der Waals surface area (Å²) in [6.07, 6.45) is 3.37. The molecule has 0 aromatic carbocycles. The van der Waals surface area contributed by atoms with Gasteiger partial charge in [-0.2, -0.15) is 0 Å². The van der Waals surface area contributed by atoms with Crippen LogP contribution >= 0.6 is 23.2 Å². The SMILES string of the molecule is O=C(CCCCl)OCCCCOC(=O)CCCCl. The number of carbonyl (C=O) groups is 2. The van der Waals surface area contributed by atoms with Crippen LogP contribution in [0, 0.1) is 0 Å². The lowest BCUT2D eigenvalue weighted by Crippen LogP contribution is -2.09. The van der Waals surface area contributed by atoms with Gasteiger partial charge < -0.3 is 9.47 Å². The lowest BCUT2D eigenvalue weighted by atomic mass is 10.3. The van der Waals surface area contributed by atoms with Gasteiger partial charge in [0.2, 0.25) is 0 Å². The first-order valence-corrected chi connectivity index (χ1v) is 7.20. The molecule has 0 rings (SSSR count). The van der Waals surface area contributed by atoms with E-state index in [1.54, 1.807) is 0 Å². The Morgan fingerprint density at radius 3 is 1.44 bits per heavy atom. The first-order chi connectivity index (χ1) is 8.70. The Morgan fingerprint density at radius 2 is 1.11 bits per heavy atom. The van der Waals surface area contributed by atoms with Gasteiger partial charge in [-0.15, -0.1) is 23.2 Å². The molecule has 6 heteroatoms. The third kappa shape index (κ3) is 12.0. The molecule has 0 heterocycles. The molecule has 0 aliphatic heterocycles. The molecule has 0 aromatic heterocycles. The Labute approximate surface area is 118 Å². The van der Waals surface area contributed by atoms with Crippen LogP contribution in [0.3, 0.4) is 0 Å². The number of ether oxygens (including phenoxy) is 2. The third-order valence-electron chi connectivity index (χ3n) is 2.09. The van der Waals surface area contributed by atoms with E-state index in [0.717, 1.165) is 0 Å². The van der Waals surface area contributed by atoms with Gasteiger partial charge in [-0.1, -0.05) is 0 Å². The second-order valence-corrected chi connectivity index (χ2v) is 4.49. The second kappa shape index (κ2) is 13.0. The number of hydrogen-bond donors (Lipinski definition) is 0. The van der Waals surface area contributed by atoms with Crippen molar-refractivity contribution in [2.45, 2.75) is 38.5 Å². The Morgan fingerprint density at radius 1 is 0.722 bits per heavy atom. The summed E-state index contributed by atoms with van der Waals surface area (Å²) in [5.41, 5.74) is 0. The van der Waals surface area contributed by atoms with E-state index in [9.17, 15) is 9.59 Å². The number of alkyl halides is 2. The summed E-state index contributed by atoms with van der Waals surface area (Å²) < 4.78 is 9.92. The maximum absolute atomic E-state index is 11.1. The minimum Gasteiger partial charge on any atom is -0.466 e. The molecule has 18 heavy (non-hydrogen) atoms. The molecule has 0 aromatic rings. The van der Waals surface area contributed by atoms with E-state index < -0.39 is 0 Å². The summed E-state index contributed by atoms with van der Waals surface area (Å²) in [5, 5.41) is 0. The van der Waals surface area contributed by atoms with E-state index in [1.807, 2.05) is 0 Å². The predicted molar refractivity (Wildman–Crippen MR) is 71.1 cm³/mol. The molecule has 0 spiro atoms. The normalized spacial score (nSPS) is 10.1. The van der Waals surface area contributed by atoms with Crippen LogP contribution in [0.15, 0.2) is 0 Å². The summed E-state index contributed by atoms with van der Waals surface area (Å²) in [6, 6.07) is 0. The van der Waals surface area contributed by atoms with Crippen LogP contribution in [-0.4, -0.2) is 36.9 Å². The molecule has 0 atom stereocenters. The highest BCUT2D eigenvalue weighted by molar-refractivity contribution is 6.18. The third-order valence-corrected chi connectivity index (χ3v) is 2.63. The van der Waals surface area contributed by atoms with Crippen molar-refractivity contribution < 1.29 is 19.1 Å². The number of carbonyl (C=O) groups excluding carboxylic acids is 2. The highest BCUT2D eigenvalue weighted by atomic mass is 35.5. The zero-order valence-corrected chi connectivity index (χ0v) is 12.0. The topological polar surface area (TPSA) is 52.6 Å². The van der Waals surface area contributed by atoms with Crippen LogP contribution in [0.5, 0.6) is 0 Å². The molecule has 0 saturated carbocycles. The Kier molecular flexibility index (Phi) is 12.6. The highest BCUT2D eigenvalue weighted by Gasteiger charge is 2.03. The quantitative estimate of drug-likeness (QED) is 0.334. The molecule has 0 bridgehead atoms. The van der Waals surface area contributed by atoms with Crippen LogP contribution in [-0.2, 0) is 19.1 Å². The molecule has 0 aliphatic rings. The van der Waals surface area contributed by atoms with E-state index in [-0.39, 0.29) is 11.9 Å². The number of esters is 2. The van der Waals surface area contributed by atoms with E-state index in [4.69, 9.17) is 32.7 Å². The summed E-state index contributed by atoms with van der Waals surface area (Å²) in [5.74, 6) is 0.477. The molecule has 0 radical (unpaired) electrons. The molecule has 0 saturated heterocycles. The maximum Gasteiger partial charge on any atom is 0.305 e. The fourth-order valence-corrected chi connectivity index (χ4v) is 1.41. The summed E-state index contributed by atoms with van der Waals surface area (Å²) >= 11 is 10.9. The van der Waals surface area contributed by atoms with Crippen molar-refractivity contribution in [3.05, 3.63) is 0 Å². The van der Waals surface area contributed by atoms with Crippen molar-refractivity contribution in [3.63, 3.8) is 0 Å². The highest BCUT2D eigenvalue weighted by Crippen LogP contribution is 1.99. The van der Waals surface area contributed by atoms with Crippen molar-refractivity contribution in [1.82, 2.24) is 0 Å². The second-order valence-electron chi connectivity index (χ2n) is 3.73. The van der Waals surface area contributed by atoms with Crippen LogP contribution in [0.2, 0.25) is 0 Å². The molecule has 0 amide bonds. The molecular formula is C12H20Cl2O4. The molecular weight excluding hydrogens is 279 g/mol. The van der Waals surface area contributed by atoms with Gasteiger partial charge in [-0.25, -0.2) is 0 Å². The Bertz CT molecular complexity index is 210. The molecule has 4 nitrogen and oxygen atoms in total. The van der Waals surface area contributed by atoms with Crippen LogP contribution in [0.4, 0.5) is 0 Å². The van der Waals surface area contributed by atoms with E-state index >= 15 is 0 Å². The van der Waals surface area contributed by atoms with Gasteiger partial charge in [-0.05, 0) is 25.7 Å². The smallest absolute Gasteiger partial charge is 0.305 e. The molecule has 0 N–H and O–H groups in total. The summed E-state index contributed by atoms with van der Waals surface area (Å²) in [7, 11) is 0. The van der Waals surface area contributed by atoms with Gasteiger partial charge >= 0.3 is 11.9 Å². The zero-order chi connectivity index (χ0) is 13.6. The van der Waals surface area contributed by atoms with Gasteiger partial charge in [-0.3, -0.25) is 9.59 Å². The zero-order valence-electron chi connectivity index (χ0n) is 10.5. The van der Waals surface area contributed by atoms with Crippen molar-refractivity contribution in [2.24, 2.45) is 0 Å². The summed E-state index contributed by atoms with van der Waals surface area (Å²) in [4.78, 5) is 22.2. The van der Waals surface area contributed by atoms with E-state index in [2.05, 4.69) is 0 Å². The number of unbranched alkanes of at least 4 members (excludes halogenated alkanes) is 1. The summed E-state index contributed by atoms with van der Waals surface area (Å²) in [6.45, 7) is 0.723. The van der Waals surface area contributed by atoms with Crippen molar-refractivity contribution >= 4 is 35.1 Å². The molecule has 0 unspecified atom stereocenters. The monoisotopic (exact) mass is 298 g/mol. The standard InChI is InChI=1S/C12H20Cl2O4/c13-7-3-5-11(15)17-9-1-2-10-18-12(16)6-4-8-14/h1-10H2. The van der Waals surface area contributed by atoms with Gasteiger partial charge in [0.15, 0.2) is 0 Å². The minimum atomic E-state index is -0.227. The number of halogens is 2. The van der Waals surface area contributed by atoms with Gasteiger partial charge in [0.05, 0.1) is 13.2 Å². The van der Waals surface area contributed by atoms with Crippen molar-refractivity contribution in [2.75, 3.05) is 25.0 Å². The Hall–Kier alpha value is -0.480. The van der Waals surface area contributed by atoms with Crippen LogP contribution in [0.25, 0.3) is 0 Å². The van der Waals surface area contributed by atoms with Gasteiger partial charge in [0.1, 0.15) is 0 Å². The average Bonchev–Trinajstić information content (AvgIpc) is 2.37. The van der Waals surface area contributed by atoms with Gasteiger partial charge in [0.25, 0.3) is 0 Å². The van der Waals surface area contributed by atoms with E-state index in [0.29, 0.717) is 63.5 Å². The first kappa shape index (κ1) is 17.5. The fraction of sp³-hybridized carbons (Fsp3) is 0.833. The fourth-order valence-electron chi connectivity index (χ4n) is 1.14. The lowest BCUT2D eigenvalue weighted by molar-refractivity contribution is -0.146. The van der Waals surface area contributed by atoms with Gasteiger partial charge in [0, 0.05) is 24.6 Å². The largest absolute Gasteiger partial charge is 0.466 e. The molecule has 0 fully saturated rings. The molecule has 0 aliphatic carbocycles. The Balaban J connectivity index is 3.25. The van der Waals surface area contributed by atoms with Crippen molar-refractivity contribution in [3.8, 4) is 0 Å². The number of hydrogen-bond acceptors (Lipinski definition) is 4. The minimum absolute atomic E-state index is 0.227. The predicted octanol–water partition coefficient (Wildman–Crippen LogP) is 2.89. The lowest BCUT2D eigenvalue weighted by Gasteiger charge is -2.05. The molecule has 106 valence electrons. The van der Waals surface area contributed by atoms with Crippen LogP contribution < -0.4 is 0 Å². The van der Waals surface area contributed by atoms with Crippen molar-refractivity contribution in [1.29, 1.82) is 0 Å². The average molecular weight is 299 g/mol.